The van der Waals surface area contributed by atoms with E-state index in [0.717, 1.165) is 44.9 Å². The minimum absolute atomic E-state index is 0.0442. The Morgan fingerprint density at radius 2 is 1.93 bits per heavy atom. The van der Waals surface area contributed by atoms with Gasteiger partial charge in [-0.1, -0.05) is 19.8 Å². The topological polar surface area (TPSA) is 98.7 Å². The predicted octanol–water partition coefficient (Wildman–Crippen LogP) is 1.68. The predicted molar refractivity (Wildman–Crippen MR) is 118 cm³/mol. The van der Waals surface area contributed by atoms with Crippen molar-refractivity contribution in [3.8, 4) is 0 Å². The van der Waals surface area contributed by atoms with Crippen molar-refractivity contribution in [2.75, 3.05) is 26.7 Å². The van der Waals surface area contributed by atoms with Crippen LogP contribution in [0.25, 0.3) is 0 Å². The number of thioether (sulfide) groups is 1. The molecule has 0 radical (unpaired) electrons. The molecule has 0 aromatic rings. The highest BCUT2D eigenvalue weighted by molar-refractivity contribution is 8.02. The summed E-state index contributed by atoms with van der Waals surface area (Å²) in [6.45, 7) is 5.47. The second-order valence-electron chi connectivity index (χ2n) is 9.16. The van der Waals surface area contributed by atoms with Crippen molar-refractivity contribution in [1.29, 1.82) is 0 Å². The van der Waals surface area contributed by atoms with E-state index >= 15 is 0 Å². The molecule has 0 aliphatic carbocycles. The van der Waals surface area contributed by atoms with Gasteiger partial charge in [-0.15, -0.1) is 11.8 Å². The number of fused-ring (bicyclic) bond motifs is 1. The molecule has 3 aliphatic heterocycles. The molecule has 8 heteroatoms. The Kier molecular flexibility index (Phi) is 7.38. The number of hydrogen-bond acceptors (Lipinski definition) is 5. The second kappa shape index (κ2) is 9.47. The van der Waals surface area contributed by atoms with Gasteiger partial charge in [0, 0.05) is 31.5 Å². The number of carbonyl (C=O) groups excluding carboxylic acids is 3. The lowest BCUT2D eigenvalue weighted by molar-refractivity contribution is -0.140. The van der Waals surface area contributed by atoms with Gasteiger partial charge in [-0.25, -0.2) is 0 Å². The molecule has 2 unspecified atom stereocenters. The van der Waals surface area contributed by atoms with Crippen molar-refractivity contribution in [3.05, 3.63) is 0 Å². The van der Waals surface area contributed by atoms with Crippen LogP contribution in [0.2, 0.25) is 0 Å². The minimum Gasteiger partial charge on any atom is -0.396 e. The highest BCUT2D eigenvalue weighted by Crippen LogP contribution is 2.71. The number of aliphatic hydroxyl groups excluding tert-OH is 1. The minimum atomic E-state index is -0.521. The normalized spacial score (nSPS) is 34.3. The zero-order chi connectivity index (χ0) is 21.9. The molecule has 7 nitrogen and oxygen atoms in total. The molecular weight excluding hydrogens is 402 g/mol. The van der Waals surface area contributed by atoms with E-state index in [2.05, 4.69) is 24.5 Å². The molecule has 170 valence electrons. The Morgan fingerprint density at radius 3 is 2.60 bits per heavy atom. The fraction of sp³-hybridized carbons (Fsp3) is 0.864. The van der Waals surface area contributed by atoms with Crippen LogP contribution in [-0.2, 0) is 14.4 Å². The van der Waals surface area contributed by atoms with Crippen LogP contribution in [0.5, 0.6) is 0 Å². The summed E-state index contributed by atoms with van der Waals surface area (Å²) in [4.78, 5) is 41.5. The van der Waals surface area contributed by atoms with Crippen LogP contribution in [0, 0.1) is 11.8 Å². The van der Waals surface area contributed by atoms with Crippen LogP contribution < -0.4 is 10.6 Å². The number of nitrogens with one attached hydrogen (secondary N) is 2. The van der Waals surface area contributed by atoms with E-state index in [1.807, 2.05) is 0 Å². The smallest absolute Gasteiger partial charge is 0.244 e. The standard InChI is InChI=1S/C22H37N3O4S/c1-4-5-7-12-24-19(28)17-22-11-10-21(2,30-22)15(18(27)23-3)16(22)20(29)25(17)13-8-6-9-14-26/h15-17,26H,4-14H2,1-3H3,(H,23,27)(H,24,28)/t15-,16-,17?,21+,22?/m0/s1. The monoisotopic (exact) mass is 439 g/mol. The molecule has 2 bridgehead atoms. The Hall–Kier alpha value is -1.28. The molecule has 0 saturated carbocycles. The first kappa shape index (κ1) is 23.4. The highest BCUT2D eigenvalue weighted by atomic mass is 32.2. The van der Waals surface area contributed by atoms with Gasteiger partial charge in [0.2, 0.25) is 17.7 Å². The number of likely N-dealkylation sites (tertiary alicyclic amines) is 1. The third-order valence-electron chi connectivity index (χ3n) is 7.19. The maximum absolute atomic E-state index is 13.6. The molecule has 0 aromatic heterocycles. The number of carbonyl (C=O) groups is 3. The van der Waals surface area contributed by atoms with Gasteiger partial charge in [0.05, 0.1) is 16.6 Å². The van der Waals surface area contributed by atoms with Crippen LogP contribution in [-0.4, -0.2) is 70.0 Å². The summed E-state index contributed by atoms with van der Waals surface area (Å²) in [5.74, 6) is -1.04. The van der Waals surface area contributed by atoms with Crippen molar-refractivity contribution in [3.63, 3.8) is 0 Å². The summed E-state index contributed by atoms with van der Waals surface area (Å²) in [6, 6.07) is -0.521. The maximum Gasteiger partial charge on any atom is 0.244 e. The largest absolute Gasteiger partial charge is 0.396 e. The number of aliphatic hydroxyl groups is 1. The molecule has 3 rings (SSSR count). The van der Waals surface area contributed by atoms with Crippen molar-refractivity contribution >= 4 is 29.5 Å². The summed E-state index contributed by atoms with van der Waals surface area (Å²) in [7, 11) is 1.62. The lowest BCUT2D eigenvalue weighted by Gasteiger charge is -2.34. The van der Waals surface area contributed by atoms with Crippen LogP contribution >= 0.6 is 11.8 Å². The second-order valence-corrected chi connectivity index (χ2v) is 11.1. The Labute approximate surface area is 184 Å². The molecule has 1 spiro atoms. The van der Waals surface area contributed by atoms with Gasteiger partial charge in [-0.2, -0.15) is 0 Å². The van der Waals surface area contributed by atoms with Gasteiger partial charge in [0.1, 0.15) is 6.04 Å². The molecule has 3 aliphatic rings. The molecule has 3 heterocycles. The van der Waals surface area contributed by atoms with Crippen molar-refractivity contribution < 1.29 is 19.5 Å². The Morgan fingerprint density at radius 1 is 1.17 bits per heavy atom. The third-order valence-corrected chi connectivity index (χ3v) is 9.18. The number of unbranched alkanes of at least 4 members (excludes halogenated alkanes) is 4. The van der Waals surface area contributed by atoms with E-state index in [-0.39, 0.29) is 29.1 Å². The van der Waals surface area contributed by atoms with E-state index in [4.69, 9.17) is 5.11 Å². The average molecular weight is 440 g/mol. The molecule has 5 atom stereocenters. The van der Waals surface area contributed by atoms with E-state index in [1.165, 1.54) is 0 Å². The number of hydrogen-bond donors (Lipinski definition) is 3. The summed E-state index contributed by atoms with van der Waals surface area (Å²) in [6.07, 6.45) is 6.97. The first-order valence-electron chi connectivity index (χ1n) is 11.5. The Balaban J connectivity index is 1.87. The van der Waals surface area contributed by atoms with Gasteiger partial charge in [0.15, 0.2) is 0 Å². The maximum atomic E-state index is 13.6. The third kappa shape index (κ3) is 3.85. The van der Waals surface area contributed by atoms with Crippen LogP contribution in [0.4, 0.5) is 0 Å². The Bertz CT molecular complexity index is 675. The van der Waals surface area contributed by atoms with Gasteiger partial charge in [0.25, 0.3) is 0 Å². The van der Waals surface area contributed by atoms with E-state index < -0.39 is 22.6 Å². The number of rotatable bonds is 11. The zero-order valence-corrected chi connectivity index (χ0v) is 19.4. The number of amides is 3. The van der Waals surface area contributed by atoms with Crippen LogP contribution in [0.15, 0.2) is 0 Å². The molecule has 3 fully saturated rings. The van der Waals surface area contributed by atoms with Crippen LogP contribution in [0.1, 0.15) is 65.2 Å². The van der Waals surface area contributed by atoms with E-state index in [0.29, 0.717) is 19.5 Å². The van der Waals surface area contributed by atoms with Gasteiger partial charge >= 0.3 is 0 Å². The van der Waals surface area contributed by atoms with E-state index in [1.54, 1.807) is 23.7 Å². The fourth-order valence-electron chi connectivity index (χ4n) is 5.78. The first-order chi connectivity index (χ1) is 14.4. The van der Waals surface area contributed by atoms with E-state index in [9.17, 15) is 14.4 Å². The lowest BCUT2D eigenvalue weighted by atomic mass is 9.66. The highest BCUT2D eigenvalue weighted by Gasteiger charge is 2.76. The summed E-state index contributed by atoms with van der Waals surface area (Å²) in [5.41, 5.74) is 0. The van der Waals surface area contributed by atoms with Crippen LogP contribution in [0.3, 0.4) is 0 Å². The van der Waals surface area contributed by atoms with Gasteiger partial charge < -0.3 is 20.6 Å². The average Bonchev–Trinajstić information content (AvgIpc) is 3.29. The molecule has 3 N–H and O–H groups in total. The molecular formula is C22H37N3O4S. The van der Waals surface area contributed by atoms with Gasteiger partial charge in [-0.05, 0) is 45.4 Å². The molecule has 3 amide bonds. The van der Waals surface area contributed by atoms with Gasteiger partial charge in [-0.3, -0.25) is 14.4 Å². The van der Waals surface area contributed by atoms with Crippen molar-refractivity contribution in [1.82, 2.24) is 15.5 Å². The number of nitrogens with zero attached hydrogens (tertiary/aromatic N) is 1. The van der Waals surface area contributed by atoms with Crippen molar-refractivity contribution in [2.24, 2.45) is 11.8 Å². The lowest BCUT2D eigenvalue weighted by Crippen LogP contribution is -2.54. The summed E-state index contributed by atoms with van der Waals surface area (Å²) < 4.78 is -0.820. The molecule has 30 heavy (non-hydrogen) atoms. The summed E-state index contributed by atoms with van der Waals surface area (Å²) in [5, 5.41) is 14.9. The zero-order valence-electron chi connectivity index (χ0n) is 18.5. The fourth-order valence-corrected chi connectivity index (χ4v) is 8.13. The SMILES string of the molecule is CCCCCNC(=O)C1N(CCCCCO)C(=O)[C@@H]2[C@@H](C(=O)NC)[C@@]3(C)CCC12S3. The molecule has 0 aromatic carbocycles. The summed E-state index contributed by atoms with van der Waals surface area (Å²) >= 11 is 1.71. The first-order valence-corrected chi connectivity index (χ1v) is 12.3. The quantitative estimate of drug-likeness (QED) is 0.426. The van der Waals surface area contributed by atoms with Crippen molar-refractivity contribution in [2.45, 2.75) is 80.7 Å². The molecule has 3 saturated heterocycles.